The molecule has 0 bridgehead atoms. The molecule has 7 nitrogen and oxygen atoms in total. The Balaban J connectivity index is 1.72. The molecular formula is C23H26N2O5S. The Morgan fingerprint density at radius 1 is 1.06 bits per heavy atom. The fourth-order valence-corrected chi connectivity index (χ4v) is 5.14. The van der Waals surface area contributed by atoms with Gasteiger partial charge in [-0.1, -0.05) is 50.2 Å². The van der Waals surface area contributed by atoms with Gasteiger partial charge in [0.1, 0.15) is 17.2 Å². The Bertz CT molecular complexity index is 1120. The minimum atomic E-state index is -4.11. The summed E-state index contributed by atoms with van der Waals surface area (Å²) in [5.74, 6) is -0.240. The molecule has 2 aromatic rings. The van der Waals surface area contributed by atoms with E-state index in [4.69, 9.17) is 4.74 Å². The van der Waals surface area contributed by atoms with Crippen LogP contribution in [-0.4, -0.2) is 38.2 Å². The first-order chi connectivity index (χ1) is 14.6. The largest absolute Gasteiger partial charge is 0.497 e. The molecule has 1 aliphatic heterocycles. The third-order valence-corrected chi connectivity index (χ3v) is 7.14. The van der Waals surface area contributed by atoms with Crippen LogP contribution in [0.5, 0.6) is 5.75 Å². The van der Waals surface area contributed by atoms with Crippen molar-refractivity contribution in [3.63, 3.8) is 0 Å². The summed E-state index contributed by atoms with van der Waals surface area (Å²) in [5, 5.41) is 2.65. The first kappa shape index (κ1) is 22.6. The molecule has 0 saturated heterocycles. The third kappa shape index (κ3) is 4.64. The van der Waals surface area contributed by atoms with Crippen LogP contribution in [0.15, 0.2) is 54.1 Å². The summed E-state index contributed by atoms with van der Waals surface area (Å²) in [7, 11) is -2.55. The number of nitrogens with zero attached hydrogens (tertiary/aromatic N) is 1. The second kappa shape index (κ2) is 8.93. The fourth-order valence-electron chi connectivity index (χ4n) is 3.37. The molecular weight excluding hydrogens is 416 g/mol. The number of carbonyl (C=O) groups excluding carboxylic acids is 2. The van der Waals surface area contributed by atoms with Crippen LogP contribution in [0.4, 0.5) is 0 Å². The minimum Gasteiger partial charge on any atom is -0.497 e. The molecule has 164 valence electrons. The molecule has 0 atom stereocenters. The summed E-state index contributed by atoms with van der Waals surface area (Å²) in [5.41, 5.74) is 2.44. The van der Waals surface area contributed by atoms with Crippen LogP contribution in [-0.2, 0) is 26.2 Å². The van der Waals surface area contributed by atoms with Crippen LogP contribution in [0.25, 0.3) is 4.91 Å². The van der Waals surface area contributed by atoms with Crippen LogP contribution in [0.3, 0.4) is 0 Å². The maximum atomic E-state index is 13.1. The van der Waals surface area contributed by atoms with E-state index in [-0.39, 0.29) is 17.0 Å². The van der Waals surface area contributed by atoms with Gasteiger partial charge in [-0.05, 0) is 41.7 Å². The van der Waals surface area contributed by atoms with Crippen molar-refractivity contribution in [2.45, 2.75) is 33.2 Å². The summed E-state index contributed by atoms with van der Waals surface area (Å²) in [6, 6.07) is 14.2. The van der Waals surface area contributed by atoms with Crippen molar-refractivity contribution in [2.24, 2.45) is 0 Å². The maximum Gasteiger partial charge on any atom is 0.268 e. The number of benzene rings is 2. The van der Waals surface area contributed by atoms with Crippen LogP contribution >= 0.6 is 0 Å². The number of nitrogens with one attached hydrogen (secondary N) is 1. The molecule has 2 amide bonds. The van der Waals surface area contributed by atoms with Crippen molar-refractivity contribution in [3.05, 3.63) is 70.8 Å². The first-order valence-corrected chi connectivity index (χ1v) is 11.4. The third-order valence-electron chi connectivity index (χ3n) is 5.21. The molecule has 3 rings (SSSR count). The van der Waals surface area contributed by atoms with Gasteiger partial charge < -0.3 is 10.1 Å². The van der Waals surface area contributed by atoms with Crippen molar-refractivity contribution in [3.8, 4) is 5.75 Å². The van der Waals surface area contributed by atoms with E-state index in [0.29, 0.717) is 21.5 Å². The zero-order valence-corrected chi connectivity index (χ0v) is 18.8. The summed E-state index contributed by atoms with van der Waals surface area (Å²) in [4.78, 5) is 25.0. The normalized spacial score (nSPS) is 15.5. The SMILES string of the molecule is COc1ccc(CNC(=O)CN2C(=O)C(C)=C(c3ccc(C(C)C)cc3)S2(=O)=O)cc1. The monoisotopic (exact) mass is 442 g/mol. The van der Waals surface area contributed by atoms with Crippen molar-refractivity contribution in [1.29, 1.82) is 0 Å². The Morgan fingerprint density at radius 3 is 2.23 bits per heavy atom. The van der Waals surface area contributed by atoms with E-state index in [1.54, 1.807) is 43.5 Å². The first-order valence-electron chi connectivity index (χ1n) is 9.93. The topological polar surface area (TPSA) is 92.8 Å². The molecule has 2 aromatic carbocycles. The Labute approximate surface area is 182 Å². The Morgan fingerprint density at radius 2 is 1.68 bits per heavy atom. The molecule has 0 saturated carbocycles. The highest BCUT2D eigenvalue weighted by Crippen LogP contribution is 2.35. The zero-order chi connectivity index (χ0) is 22.8. The van der Waals surface area contributed by atoms with E-state index in [2.05, 4.69) is 5.32 Å². The standard InChI is InChI=1S/C23H26N2O5S/c1-15(2)18-7-9-19(10-8-18)22-16(3)23(27)25(31(22,28)29)14-21(26)24-13-17-5-11-20(30-4)12-6-17/h5-12,15H,13-14H2,1-4H3,(H,24,26). The smallest absolute Gasteiger partial charge is 0.268 e. The van der Waals surface area contributed by atoms with E-state index in [1.807, 2.05) is 26.0 Å². The van der Waals surface area contributed by atoms with Crippen LogP contribution in [0.1, 0.15) is 43.4 Å². The average Bonchev–Trinajstić information content (AvgIpc) is 2.91. The van der Waals surface area contributed by atoms with Crippen LogP contribution in [0.2, 0.25) is 0 Å². The highest BCUT2D eigenvalue weighted by molar-refractivity contribution is 7.99. The van der Waals surface area contributed by atoms with E-state index in [9.17, 15) is 18.0 Å². The van der Waals surface area contributed by atoms with Gasteiger partial charge in [-0.25, -0.2) is 12.7 Å². The molecule has 0 spiro atoms. The molecule has 1 N–H and O–H groups in total. The predicted octanol–water partition coefficient (Wildman–Crippen LogP) is 3.04. The van der Waals surface area contributed by atoms with Crippen molar-refractivity contribution in [1.82, 2.24) is 9.62 Å². The van der Waals surface area contributed by atoms with E-state index in [0.717, 1.165) is 11.1 Å². The van der Waals surface area contributed by atoms with Crippen LogP contribution < -0.4 is 10.1 Å². The van der Waals surface area contributed by atoms with Crippen molar-refractivity contribution >= 4 is 26.7 Å². The van der Waals surface area contributed by atoms with Gasteiger partial charge in [0.05, 0.1) is 7.11 Å². The van der Waals surface area contributed by atoms with Gasteiger partial charge in [-0.3, -0.25) is 9.59 Å². The van der Waals surface area contributed by atoms with E-state index >= 15 is 0 Å². The van der Waals surface area contributed by atoms with Gasteiger partial charge in [0.2, 0.25) is 5.91 Å². The number of rotatable bonds is 7. The van der Waals surface area contributed by atoms with Gasteiger partial charge in [0.15, 0.2) is 0 Å². The van der Waals surface area contributed by atoms with Gasteiger partial charge >= 0.3 is 0 Å². The van der Waals surface area contributed by atoms with Crippen molar-refractivity contribution in [2.75, 3.05) is 13.7 Å². The fraction of sp³-hybridized carbons (Fsp3) is 0.304. The van der Waals surface area contributed by atoms with E-state index < -0.39 is 28.4 Å². The lowest BCUT2D eigenvalue weighted by Crippen LogP contribution is -2.40. The number of hydrogen-bond acceptors (Lipinski definition) is 5. The zero-order valence-electron chi connectivity index (χ0n) is 18.0. The lowest BCUT2D eigenvalue weighted by molar-refractivity contribution is -0.128. The van der Waals surface area contributed by atoms with Gasteiger partial charge in [-0.2, -0.15) is 0 Å². The molecule has 8 heteroatoms. The quantitative estimate of drug-likeness (QED) is 0.712. The summed E-state index contributed by atoms with van der Waals surface area (Å²) in [6.07, 6.45) is 0. The average molecular weight is 443 g/mol. The van der Waals surface area contributed by atoms with Gasteiger partial charge in [0.25, 0.3) is 15.9 Å². The number of sulfonamides is 1. The molecule has 0 fully saturated rings. The predicted molar refractivity (Wildman–Crippen MR) is 119 cm³/mol. The second-order valence-corrected chi connectivity index (χ2v) is 9.47. The molecule has 0 aliphatic carbocycles. The maximum absolute atomic E-state index is 13.1. The van der Waals surface area contributed by atoms with E-state index in [1.165, 1.54) is 6.92 Å². The Kier molecular flexibility index (Phi) is 6.50. The Hall–Kier alpha value is -3.13. The molecule has 1 heterocycles. The van der Waals surface area contributed by atoms with Gasteiger partial charge in [0, 0.05) is 12.1 Å². The molecule has 0 unspecified atom stereocenters. The molecule has 0 aromatic heterocycles. The minimum absolute atomic E-state index is 0.0456. The molecule has 31 heavy (non-hydrogen) atoms. The highest BCUT2D eigenvalue weighted by atomic mass is 32.2. The highest BCUT2D eigenvalue weighted by Gasteiger charge is 2.43. The molecule has 0 radical (unpaired) electrons. The second-order valence-electron chi connectivity index (χ2n) is 7.67. The number of ether oxygens (including phenoxy) is 1. The summed E-state index contributed by atoms with van der Waals surface area (Å²) >= 11 is 0. The number of amides is 2. The lowest BCUT2D eigenvalue weighted by atomic mass is 10.0. The lowest BCUT2D eigenvalue weighted by Gasteiger charge is -2.17. The number of methoxy groups -OCH3 is 1. The number of carbonyl (C=O) groups is 2. The summed E-state index contributed by atoms with van der Waals surface area (Å²) in [6.45, 7) is 5.20. The van der Waals surface area contributed by atoms with Gasteiger partial charge in [-0.15, -0.1) is 0 Å². The molecule has 1 aliphatic rings. The van der Waals surface area contributed by atoms with Crippen molar-refractivity contribution < 1.29 is 22.7 Å². The summed E-state index contributed by atoms with van der Waals surface area (Å²) < 4.78 is 31.9. The number of hydrogen-bond donors (Lipinski definition) is 1. The van der Waals surface area contributed by atoms with Crippen LogP contribution in [0, 0.1) is 0 Å².